The topological polar surface area (TPSA) is 58.6 Å². The Morgan fingerprint density at radius 3 is 2.21 bits per heavy atom. The van der Waals surface area contributed by atoms with Crippen LogP contribution in [0.5, 0.6) is 5.75 Å². The molecule has 1 fully saturated rings. The zero-order valence-electron chi connectivity index (χ0n) is 11.9. The van der Waals surface area contributed by atoms with Gasteiger partial charge in [-0.3, -0.25) is 4.79 Å². The lowest BCUT2D eigenvalue weighted by molar-refractivity contribution is -0.144. The fraction of sp³-hybridized carbons (Fsp3) is 0.533. The van der Waals surface area contributed by atoms with Gasteiger partial charge in [-0.2, -0.15) is 0 Å². The highest BCUT2D eigenvalue weighted by atomic mass is 16.5. The highest BCUT2D eigenvalue weighted by Gasteiger charge is 2.56. The number of rotatable bonds is 5. The van der Waals surface area contributed by atoms with Crippen molar-refractivity contribution in [3.63, 3.8) is 0 Å². The number of aliphatic carboxylic acids is 1. The second-order valence-corrected chi connectivity index (χ2v) is 5.37. The summed E-state index contributed by atoms with van der Waals surface area (Å²) in [5.74, 6) is 0.164. The van der Waals surface area contributed by atoms with Crippen molar-refractivity contribution in [1.82, 2.24) is 5.32 Å². The van der Waals surface area contributed by atoms with Gasteiger partial charge in [0.15, 0.2) is 0 Å². The van der Waals surface area contributed by atoms with Crippen molar-refractivity contribution in [1.29, 1.82) is 0 Å². The fourth-order valence-electron chi connectivity index (χ4n) is 3.00. The van der Waals surface area contributed by atoms with Crippen LogP contribution in [0.1, 0.15) is 35.6 Å². The van der Waals surface area contributed by atoms with E-state index in [-0.39, 0.29) is 6.04 Å². The van der Waals surface area contributed by atoms with Crippen LogP contribution in [0.2, 0.25) is 0 Å². The lowest BCUT2D eigenvalue weighted by atomic mass is 9.88. The first kappa shape index (κ1) is 13.9. The summed E-state index contributed by atoms with van der Waals surface area (Å²) in [5.41, 5.74) is 2.47. The van der Waals surface area contributed by atoms with E-state index in [9.17, 15) is 9.90 Å². The molecule has 1 saturated carbocycles. The Kier molecular flexibility index (Phi) is 3.54. The number of carbonyl (C=O) groups is 1. The van der Waals surface area contributed by atoms with E-state index in [1.165, 1.54) is 0 Å². The van der Waals surface area contributed by atoms with E-state index in [4.69, 9.17) is 4.74 Å². The van der Waals surface area contributed by atoms with Crippen LogP contribution in [0.25, 0.3) is 0 Å². The third kappa shape index (κ3) is 2.21. The molecule has 1 aromatic carbocycles. The normalized spacial score (nSPS) is 17.9. The standard InChI is InChI=1S/C15H21NO3/c1-9-7-11(8-10(2)12(9)19-4)13(16-3)15(5-6-15)14(17)18/h7-8,13,16H,5-6H2,1-4H3,(H,17,18). The SMILES string of the molecule is CNC(c1cc(C)c(OC)c(C)c1)C1(C(=O)O)CC1. The molecule has 1 atom stereocenters. The van der Waals surface area contributed by atoms with Gasteiger partial charge >= 0.3 is 5.97 Å². The summed E-state index contributed by atoms with van der Waals surface area (Å²) in [4.78, 5) is 11.5. The molecular formula is C15H21NO3. The van der Waals surface area contributed by atoms with Gasteiger partial charge in [-0.1, -0.05) is 12.1 Å². The number of nitrogens with one attached hydrogen (secondary N) is 1. The minimum Gasteiger partial charge on any atom is -0.496 e. The Labute approximate surface area is 113 Å². The van der Waals surface area contributed by atoms with Crippen LogP contribution < -0.4 is 10.1 Å². The zero-order valence-corrected chi connectivity index (χ0v) is 11.9. The summed E-state index contributed by atoms with van der Waals surface area (Å²) in [6.07, 6.45) is 1.47. The Morgan fingerprint density at radius 1 is 1.37 bits per heavy atom. The second-order valence-electron chi connectivity index (χ2n) is 5.37. The van der Waals surface area contributed by atoms with E-state index in [1.54, 1.807) is 7.11 Å². The van der Waals surface area contributed by atoms with Crippen molar-refractivity contribution in [3.8, 4) is 5.75 Å². The molecule has 0 aliphatic heterocycles. The molecule has 1 unspecified atom stereocenters. The maximum Gasteiger partial charge on any atom is 0.311 e. The van der Waals surface area contributed by atoms with Crippen LogP contribution in [0.4, 0.5) is 0 Å². The molecule has 0 saturated heterocycles. The maximum absolute atomic E-state index is 11.5. The molecule has 104 valence electrons. The van der Waals surface area contributed by atoms with Crippen LogP contribution in [0.3, 0.4) is 0 Å². The maximum atomic E-state index is 11.5. The third-order valence-electron chi connectivity index (χ3n) is 4.08. The molecule has 0 aromatic heterocycles. The molecule has 2 N–H and O–H groups in total. The molecule has 4 nitrogen and oxygen atoms in total. The monoisotopic (exact) mass is 263 g/mol. The minimum atomic E-state index is -0.710. The van der Waals surface area contributed by atoms with Crippen molar-refractivity contribution in [3.05, 3.63) is 28.8 Å². The fourth-order valence-corrected chi connectivity index (χ4v) is 3.00. The van der Waals surface area contributed by atoms with E-state index < -0.39 is 11.4 Å². The van der Waals surface area contributed by atoms with E-state index in [0.717, 1.165) is 35.3 Å². The van der Waals surface area contributed by atoms with E-state index in [0.29, 0.717) is 0 Å². The lowest BCUT2D eigenvalue weighted by Crippen LogP contribution is -2.32. The number of ether oxygens (including phenoxy) is 1. The van der Waals surface area contributed by atoms with Crippen LogP contribution in [-0.4, -0.2) is 25.2 Å². The Hall–Kier alpha value is -1.55. The Morgan fingerprint density at radius 2 is 1.89 bits per heavy atom. The van der Waals surface area contributed by atoms with Gasteiger partial charge in [-0.05, 0) is 50.4 Å². The molecule has 0 amide bonds. The summed E-state index contributed by atoms with van der Waals surface area (Å²) >= 11 is 0. The van der Waals surface area contributed by atoms with Gasteiger partial charge < -0.3 is 15.2 Å². The van der Waals surface area contributed by atoms with E-state index in [1.807, 2.05) is 33.0 Å². The predicted molar refractivity (Wildman–Crippen MR) is 73.6 cm³/mol. The third-order valence-corrected chi connectivity index (χ3v) is 4.08. The van der Waals surface area contributed by atoms with Crippen LogP contribution in [-0.2, 0) is 4.79 Å². The summed E-state index contributed by atoms with van der Waals surface area (Å²) in [6.45, 7) is 3.98. The molecule has 1 aliphatic carbocycles. The summed E-state index contributed by atoms with van der Waals surface area (Å²) < 4.78 is 5.36. The number of methoxy groups -OCH3 is 1. The average Bonchev–Trinajstić information content (AvgIpc) is 3.11. The summed E-state index contributed by atoms with van der Waals surface area (Å²) in [5, 5.41) is 12.6. The highest BCUT2D eigenvalue weighted by Crippen LogP contribution is 2.55. The van der Waals surface area contributed by atoms with Gasteiger partial charge in [-0.25, -0.2) is 0 Å². The summed E-state index contributed by atoms with van der Waals surface area (Å²) in [7, 11) is 3.48. The van der Waals surface area contributed by atoms with Crippen molar-refractivity contribution < 1.29 is 14.6 Å². The van der Waals surface area contributed by atoms with Crippen molar-refractivity contribution in [2.45, 2.75) is 32.7 Å². The zero-order chi connectivity index (χ0) is 14.2. The number of hydrogen-bond donors (Lipinski definition) is 2. The average molecular weight is 263 g/mol. The Bertz CT molecular complexity index is 483. The molecule has 2 rings (SSSR count). The predicted octanol–water partition coefficient (Wildman–Crippen LogP) is 2.44. The molecular weight excluding hydrogens is 242 g/mol. The summed E-state index contributed by atoms with van der Waals surface area (Å²) in [6, 6.07) is 3.90. The molecule has 0 radical (unpaired) electrons. The highest BCUT2D eigenvalue weighted by molar-refractivity contribution is 5.79. The first-order chi connectivity index (χ1) is 8.96. The van der Waals surface area contributed by atoms with Gasteiger partial charge in [0.05, 0.1) is 12.5 Å². The van der Waals surface area contributed by atoms with Crippen molar-refractivity contribution in [2.24, 2.45) is 5.41 Å². The minimum absolute atomic E-state index is 0.145. The van der Waals surface area contributed by atoms with E-state index in [2.05, 4.69) is 5.32 Å². The Balaban J connectivity index is 2.43. The number of benzene rings is 1. The first-order valence-corrected chi connectivity index (χ1v) is 6.52. The van der Waals surface area contributed by atoms with Gasteiger partial charge in [-0.15, -0.1) is 0 Å². The number of aryl methyl sites for hydroxylation is 2. The van der Waals surface area contributed by atoms with E-state index >= 15 is 0 Å². The van der Waals surface area contributed by atoms with Gasteiger partial charge in [0.25, 0.3) is 0 Å². The second kappa shape index (κ2) is 4.85. The number of carboxylic acids is 1. The molecule has 0 bridgehead atoms. The number of carboxylic acid groups (broad SMARTS) is 1. The lowest BCUT2D eigenvalue weighted by Gasteiger charge is -2.25. The van der Waals surface area contributed by atoms with Crippen LogP contribution in [0, 0.1) is 19.3 Å². The largest absolute Gasteiger partial charge is 0.496 e. The van der Waals surface area contributed by atoms with Gasteiger partial charge in [0.1, 0.15) is 5.75 Å². The molecule has 1 aromatic rings. The van der Waals surface area contributed by atoms with Crippen molar-refractivity contribution >= 4 is 5.97 Å². The van der Waals surface area contributed by atoms with Crippen LogP contribution >= 0.6 is 0 Å². The van der Waals surface area contributed by atoms with Gasteiger partial charge in [0.2, 0.25) is 0 Å². The van der Waals surface area contributed by atoms with Crippen LogP contribution in [0.15, 0.2) is 12.1 Å². The molecule has 4 heteroatoms. The quantitative estimate of drug-likeness (QED) is 0.856. The molecule has 0 spiro atoms. The van der Waals surface area contributed by atoms with Gasteiger partial charge in [0, 0.05) is 6.04 Å². The van der Waals surface area contributed by atoms with Crippen molar-refractivity contribution in [2.75, 3.05) is 14.2 Å². The smallest absolute Gasteiger partial charge is 0.311 e. The molecule has 19 heavy (non-hydrogen) atoms. The molecule has 0 heterocycles. The first-order valence-electron chi connectivity index (χ1n) is 6.52. The molecule has 1 aliphatic rings. The number of hydrogen-bond acceptors (Lipinski definition) is 3.